The highest BCUT2D eigenvalue weighted by molar-refractivity contribution is 7.93. The maximum Gasteiger partial charge on any atom is 0.354 e. The van der Waals surface area contributed by atoms with E-state index in [1.165, 1.54) is 12.3 Å². The maximum absolute atomic E-state index is 13.4. The Hall–Kier alpha value is -4.42. The second kappa shape index (κ2) is 9.83. The first kappa shape index (κ1) is 23.7. The second-order valence-corrected chi connectivity index (χ2v) is 9.11. The van der Waals surface area contributed by atoms with Gasteiger partial charge in [-0.25, -0.2) is 18.2 Å². The topological polar surface area (TPSA) is 118 Å². The molecule has 0 aliphatic rings. The normalized spacial score (nSPS) is 10.9. The van der Waals surface area contributed by atoms with Gasteiger partial charge in [0.05, 0.1) is 23.4 Å². The molecule has 0 saturated heterocycles. The lowest BCUT2D eigenvalue weighted by Crippen LogP contribution is -2.16. The molecule has 0 bridgehead atoms. The van der Waals surface area contributed by atoms with E-state index >= 15 is 0 Å². The van der Waals surface area contributed by atoms with Crippen LogP contribution in [-0.2, 0) is 10.0 Å². The van der Waals surface area contributed by atoms with Gasteiger partial charge in [0.15, 0.2) is 5.69 Å². The Morgan fingerprint density at radius 2 is 1.83 bits per heavy atom. The molecule has 4 rings (SSSR count). The third kappa shape index (κ3) is 5.08. The van der Waals surface area contributed by atoms with Crippen LogP contribution >= 0.6 is 0 Å². The van der Waals surface area contributed by atoms with E-state index in [1.54, 1.807) is 62.5 Å². The first-order valence-corrected chi connectivity index (χ1v) is 12.1. The molecule has 0 unspecified atom stereocenters. The van der Waals surface area contributed by atoms with E-state index in [9.17, 15) is 18.3 Å². The third-order valence-electron chi connectivity index (χ3n) is 5.08. The van der Waals surface area contributed by atoms with Crippen molar-refractivity contribution in [2.24, 2.45) is 0 Å². The number of fused-ring (bicyclic) bond motifs is 1. The Morgan fingerprint density at radius 1 is 1.06 bits per heavy atom. The molecule has 4 aromatic rings. The molecule has 2 aromatic carbocycles. The third-order valence-corrected chi connectivity index (χ3v) is 6.62. The first-order valence-electron chi connectivity index (χ1n) is 10.6. The predicted octanol–water partition coefficient (Wildman–Crippen LogP) is 4.24. The van der Waals surface area contributed by atoms with Gasteiger partial charge in [-0.1, -0.05) is 42.2 Å². The number of nitrogens with one attached hydrogen (secondary N) is 1. The second-order valence-electron chi connectivity index (χ2n) is 7.49. The van der Waals surface area contributed by atoms with Crippen LogP contribution in [0.15, 0.2) is 71.9 Å². The smallest absolute Gasteiger partial charge is 0.354 e. The number of rotatable bonds is 6. The fourth-order valence-electron chi connectivity index (χ4n) is 3.49. The number of hydrogen-bond donors (Lipinski definition) is 2. The molecule has 0 radical (unpaired) electrons. The minimum atomic E-state index is -3.99. The molecule has 2 heterocycles. The summed E-state index contributed by atoms with van der Waals surface area (Å²) < 4.78 is 35.0. The summed E-state index contributed by atoms with van der Waals surface area (Å²) in [6.07, 6.45) is 2.87. The number of hydrogen-bond acceptors (Lipinski definition) is 6. The van der Waals surface area contributed by atoms with Crippen LogP contribution in [0.3, 0.4) is 0 Å². The van der Waals surface area contributed by atoms with Gasteiger partial charge in [-0.15, -0.1) is 0 Å². The van der Waals surface area contributed by atoms with Crippen LogP contribution in [0, 0.1) is 18.8 Å². The SMILES string of the molecule is CCOc1cc(C(=O)O)ncc1C#Cc1ccccc1NS(=O)(=O)c1c(C)ccc2cccnc12. The molecular weight excluding hydrogens is 466 g/mol. The van der Waals surface area contributed by atoms with Crippen molar-refractivity contribution in [3.63, 3.8) is 0 Å². The maximum atomic E-state index is 13.4. The number of aryl methyl sites for hydroxylation is 1. The highest BCUT2D eigenvalue weighted by Gasteiger charge is 2.22. The number of carboxylic acid groups (broad SMARTS) is 1. The number of carboxylic acids is 1. The molecule has 0 fully saturated rings. The van der Waals surface area contributed by atoms with E-state index in [0.29, 0.717) is 39.9 Å². The van der Waals surface area contributed by atoms with Crippen LogP contribution in [0.25, 0.3) is 10.9 Å². The number of pyridine rings is 2. The highest BCUT2D eigenvalue weighted by Crippen LogP contribution is 2.28. The minimum absolute atomic E-state index is 0.102. The molecule has 2 aromatic heterocycles. The summed E-state index contributed by atoms with van der Waals surface area (Å²) in [5, 5.41) is 9.89. The molecule has 0 atom stereocenters. The fraction of sp³-hybridized carbons (Fsp3) is 0.115. The van der Waals surface area contributed by atoms with Crippen molar-refractivity contribution in [3.05, 3.63) is 89.4 Å². The van der Waals surface area contributed by atoms with Crippen molar-refractivity contribution in [1.82, 2.24) is 9.97 Å². The van der Waals surface area contributed by atoms with E-state index in [2.05, 4.69) is 26.5 Å². The molecule has 9 heteroatoms. The van der Waals surface area contributed by atoms with E-state index in [1.807, 2.05) is 6.07 Å². The molecule has 0 amide bonds. The van der Waals surface area contributed by atoms with Crippen LogP contribution in [0.5, 0.6) is 5.75 Å². The van der Waals surface area contributed by atoms with Crippen LogP contribution < -0.4 is 9.46 Å². The van der Waals surface area contributed by atoms with Crippen LogP contribution in [-0.4, -0.2) is 36.1 Å². The fourth-order valence-corrected chi connectivity index (χ4v) is 4.98. The summed E-state index contributed by atoms with van der Waals surface area (Å²) in [4.78, 5) is 19.5. The molecular formula is C26H21N3O5S. The van der Waals surface area contributed by atoms with Crippen molar-refractivity contribution >= 4 is 32.6 Å². The standard InChI is InChI=1S/C26H21N3O5S/c1-3-34-23-15-22(26(30)31)28-16-20(23)13-12-18-7-4-5-9-21(18)29-35(32,33)25-17(2)10-11-19-8-6-14-27-24(19)25/h4-11,14-16,29H,3H2,1-2H3,(H,30,31). The van der Waals surface area contributed by atoms with E-state index in [-0.39, 0.29) is 16.3 Å². The quantitative estimate of drug-likeness (QED) is 0.391. The van der Waals surface area contributed by atoms with Crippen molar-refractivity contribution in [3.8, 4) is 17.6 Å². The number of sulfonamides is 1. The van der Waals surface area contributed by atoms with Gasteiger partial charge in [0.1, 0.15) is 10.6 Å². The predicted molar refractivity (Wildman–Crippen MR) is 132 cm³/mol. The Balaban J connectivity index is 1.73. The summed E-state index contributed by atoms with van der Waals surface area (Å²) in [6, 6.07) is 15.2. The Bertz CT molecular complexity index is 1600. The number of nitrogens with zero attached hydrogens (tertiary/aromatic N) is 2. The molecule has 0 saturated carbocycles. The monoisotopic (exact) mass is 487 g/mol. The Morgan fingerprint density at radius 3 is 2.60 bits per heavy atom. The summed E-state index contributed by atoms with van der Waals surface area (Å²) in [5.41, 5.74) is 1.88. The average molecular weight is 488 g/mol. The van der Waals surface area contributed by atoms with Gasteiger partial charge < -0.3 is 9.84 Å². The first-order chi connectivity index (χ1) is 16.8. The highest BCUT2D eigenvalue weighted by atomic mass is 32.2. The summed E-state index contributed by atoms with van der Waals surface area (Å²) in [5.74, 6) is 4.96. The van der Waals surface area contributed by atoms with Gasteiger partial charge in [0.2, 0.25) is 0 Å². The Kier molecular flexibility index (Phi) is 6.66. The summed E-state index contributed by atoms with van der Waals surface area (Å²) in [7, 11) is -3.99. The van der Waals surface area contributed by atoms with E-state index in [4.69, 9.17) is 4.74 Å². The van der Waals surface area contributed by atoms with Crippen molar-refractivity contribution < 1.29 is 23.1 Å². The number of anilines is 1. The van der Waals surface area contributed by atoms with Crippen molar-refractivity contribution in [2.75, 3.05) is 11.3 Å². The lowest BCUT2D eigenvalue weighted by molar-refractivity contribution is 0.0690. The number of para-hydroxylation sites is 1. The number of aromatic nitrogens is 2. The minimum Gasteiger partial charge on any atom is -0.492 e. The lowest BCUT2D eigenvalue weighted by Gasteiger charge is -2.13. The van der Waals surface area contributed by atoms with Gasteiger partial charge in [-0.2, -0.15) is 0 Å². The van der Waals surface area contributed by atoms with Gasteiger partial charge in [0.25, 0.3) is 10.0 Å². The van der Waals surface area contributed by atoms with Gasteiger partial charge in [-0.05, 0) is 37.6 Å². The summed E-state index contributed by atoms with van der Waals surface area (Å²) >= 11 is 0. The van der Waals surface area contributed by atoms with E-state index in [0.717, 1.165) is 0 Å². The zero-order chi connectivity index (χ0) is 25.0. The van der Waals surface area contributed by atoms with Gasteiger partial charge >= 0.3 is 5.97 Å². The largest absolute Gasteiger partial charge is 0.492 e. The molecule has 0 spiro atoms. The number of benzene rings is 2. The molecule has 35 heavy (non-hydrogen) atoms. The van der Waals surface area contributed by atoms with Gasteiger partial charge in [-0.3, -0.25) is 9.71 Å². The zero-order valence-electron chi connectivity index (χ0n) is 18.9. The number of aromatic carboxylic acids is 1. The number of ether oxygens (including phenoxy) is 1. The Labute approximate surface area is 202 Å². The zero-order valence-corrected chi connectivity index (χ0v) is 19.8. The molecule has 2 N–H and O–H groups in total. The lowest BCUT2D eigenvalue weighted by atomic mass is 10.1. The summed E-state index contributed by atoms with van der Waals surface area (Å²) in [6.45, 7) is 3.80. The van der Waals surface area contributed by atoms with Crippen molar-refractivity contribution in [2.45, 2.75) is 18.7 Å². The molecule has 0 aliphatic heterocycles. The number of carbonyl (C=O) groups is 1. The van der Waals surface area contributed by atoms with Gasteiger partial charge in [0, 0.05) is 29.4 Å². The van der Waals surface area contributed by atoms with Crippen LogP contribution in [0.2, 0.25) is 0 Å². The average Bonchev–Trinajstić information content (AvgIpc) is 2.83. The van der Waals surface area contributed by atoms with Crippen LogP contribution in [0.4, 0.5) is 5.69 Å². The molecule has 176 valence electrons. The van der Waals surface area contributed by atoms with Crippen molar-refractivity contribution in [1.29, 1.82) is 0 Å². The molecule has 8 nitrogen and oxygen atoms in total. The molecule has 0 aliphatic carbocycles. The van der Waals surface area contributed by atoms with Crippen LogP contribution in [0.1, 0.15) is 34.1 Å². The van der Waals surface area contributed by atoms with E-state index < -0.39 is 16.0 Å².